The monoisotopic (exact) mass is 332 g/mol. The fourth-order valence-corrected chi connectivity index (χ4v) is 1.96. The molecule has 1 aromatic heterocycles. The van der Waals surface area contributed by atoms with Gasteiger partial charge in [-0.1, -0.05) is 32.0 Å². The second-order valence-electron chi connectivity index (χ2n) is 6.48. The van der Waals surface area contributed by atoms with Crippen LogP contribution in [0.1, 0.15) is 32.0 Å². The maximum atomic E-state index is 12.0. The number of hydrogen-bond donors (Lipinski definition) is 2. The van der Waals surface area contributed by atoms with E-state index in [1.807, 2.05) is 20.8 Å². The highest BCUT2D eigenvalue weighted by Gasteiger charge is 2.19. The van der Waals surface area contributed by atoms with Crippen molar-refractivity contribution in [2.75, 3.05) is 17.2 Å². The number of hydrogen-bond acceptors (Lipinski definition) is 6. The lowest BCUT2D eigenvalue weighted by Crippen LogP contribution is -2.21. The number of nitro benzene ring substituents is 1. The van der Waals surface area contributed by atoms with Gasteiger partial charge in [0, 0.05) is 29.3 Å². The number of non-ortho nitro benzene ring substituents is 1. The van der Waals surface area contributed by atoms with Crippen molar-refractivity contribution in [3.63, 3.8) is 0 Å². The molecule has 8 heteroatoms. The zero-order chi connectivity index (χ0) is 17.9. The minimum atomic E-state index is -0.479. The van der Waals surface area contributed by atoms with Gasteiger partial charge in [0.25, 0.3) is 5.69 Å². The number of rotatable bonds is 5. The first-order chi connectivity index (χ1) is 11.2. The standard InChI is InChI=1S/C16H20N4O4/c1-10-5-6-11(20(22)23)7-12(10)17-9-14(21)18-15-8-13(19-24-15)16(2,3)4/h5-8,17H,9H2,1-4H3,(H,18,21). The highest BCUT2D eigenvalue weighted by molar-refractivity contribution is 5.92. The zero-order valence-electron chi connectivity index (χ0n) is 14.0. The molecule has 2 aromatic rings. The van der Waals surface area contributed by atoms with Gasteiger partial charge in [-0.05, 0) is 12.5 Å². The molecule has 1 aromatic carbocycles. The molecule has 2 rings (SSSR count). The van der Waals surface area contributed by atoms with Crippen molar-refractivity contribution in [2.24, 2.45) is 0 Å². The minimum absolute atomic E-state index is 0.0337. The second kappa shape index (κ2) is 6.69. The Balaban J connectivity index is 1.97. The predicted octanol–water partition coefficient (Wildman–Crippen LogP) is 3.24. The lowest BCUT2D eigenvalue weighted by molar-refractivity contribution is -0.384. The third kappa shape index (κ3) is 4.31. The summed E-state index contributed by atoms with van der Waals surface area (Å²) in [6.07, 6.45) is 0. The Labute approximate surface area is 139 Å². The van der Waals surface area contributed by atoms with Gasteiger partial charge in [0.05, 0.1) is 17.2 Å². The summed E-state index contributed by atoms with van der Waals surface area (Å²) in [5.41, 5.74) is 1.87. The fraction of sp³-hybridized carbons (Fsp3) is 0.375. The highest BCUT2D eigenvalue weighted by Crippen LogP contribution is 2.24. The molecular formula is C16H20N4O4. The molecule has 0 aliphatic carbocycles. The average molecular weight is 332 g/mol. The van der Waals surface area contributed by atoms with Crippen LogP contribution in [0.4, 0.5) is 17.3 Å². The van der Waals surface area contributed by atoms with Crippen molar-refractivity contribution in [3.05, 3.63) is 45.6 Å². The Morgan fingerprint density at radius 2 is 2.04 bits per heavy atom. The van der Waals surface area contributed by atoms with Crippen LogP contribution in [0.15, 0.2) is 28.8 Å². The summed E-state index contributed by atoms with van der Waals surface area (Å²) in [5, 5.41) is 20.2. The molecule has 0 unspecified atom stereocenters. The van der Waals surface area contributed by atoms with E-state index in [1.54, 1.807) is 19.1 Å². The van der Waals surface area contributed by atoms with E-state index >= 15 is 0 Å². The number of aromatic nitrogens is 1. The lowest BCUT2D eigenvalue weighted by atomic mass is 9.92. The summed E-state index contributed by atoms with van der Waals surface area (Å²) >= 11 is 0. The van der Waals surface area contributed by atoms with Gasteiger partial charge < -0.3 is 9.84 Å². The van der Waals surface area contributed by atoms with Gasteiger partial charge in [0.15, 0.2) is 0 Å². The fourth-order valence-electron chi connectivity index (χ4n) is 1.96. The van der Waals surface area contributed by atoms with E-state index in [-0.39, 0.29) is 29.4 Å². The highest BCUT2D eigenvalue weighted by atomic mass is 16.6. The summed E-state index contributed by atoms with van der Waals surface area (Å²) in [6, 6.07) is 6.12. The molecule has 128 valence electrons. The Bertz CT molecular complexity index is 762. The van der Waals surface area contributed by atoms with E-state index in [1.165, 1.54) is 12.1 Å². The Kier molecular flexibility index (Phi) is 4.87. The predicted molar refractivity (Wildman–Crippen MR) is 90.2 cm³/mol. The zero-order valence-corrected chi connectivity index (χ0v) is 14.0. The largest absolute Gasteiger partial charge is 0.376 e. The first-order valence-corrected chi connectivity index (χ1v) is 7.43. The molecule has 0 saturated carbocycles. The molecule has 0 radical (unpaired) electrons. The molecule has 1 heterocycles. The van der Waals surface area contributed by atoms with Crippen molar-refractivity contribution in [3.8, 4) is 0 Å². The summed E-state index contributed by atoms with van der Waals surface area (Å²) in [5.74, 6) is -0.0694. The number of carbonyl (C=O) groups excluding carboxylic acids is 1. The number of benzene rings is 1. The average Bonchev–Trinajstić information content (AvgIpc) is 2.94. The van der Waals surface area contributed by atoms with Crippen LogP contribution >= 0.6 is 0 Å². The van der Waals surface area contributed by atoms with Crippen molar-refractivity contribution in [2.45, 2.75) is 33.1 Å². The number of amides is 1. The maximum Gasteiger partial charge on any atom is 0.271 e. The molecule has 24 heavy (non-hydrogen) atoms. The van der Waals surface area contributed by atoms with Crippen LogP contribution in [0.2, 0.25) is 0 Å². The van der Waals surface area contributed by atoms with Crippen molar-refractivity contribution < 1.29 is 14.2 Å². The van der Waals surface area contributed by atoms with Crippen LogP contribution in [0.5, 0.6) is 0 Å². The number of nitrogens with zero attached hydrogens (tertiary/aromatic N) is 2. The Hall–Kier alpha value is -2.90. The van der Waals surface area contributed by atoms with Crippen LogP contribution in [-0.2, 0) is 10.2 Å². The van der Waals surface area contributed by atoms with E-state index in [0.717, 1.165) is 11.3 Å². The molecule has 0 spiro atoms. The minimum Gasteiger partial charge on any atom is -0.376 e. The van der Waals surface area contributed by atoms with Gasteiger partial charge in [0.1, 0.15) is 0 Å². The molecule has 2 N–H and O–H groups in total. The van der Waals surface area contributed by atoms with Gasteiger partial charge >= 0.3 is 0 Å². The van der Waals surface area contributed by atoms with Gasteiger partial charge in [-0.3, -0.25) is 20.2 Å². The van der Waals surface area contributed by atoms with Crippen LogP contribution in [0.25, 0.3) is 0 Å². The summed E-state index contributed by atoms with van der Waals surface area (Å²) < 4.78 is 5.09. The molecule has 0 aliphatic heterocycles. The third-order valence-corrected chi connectivity index (χ3v) is 3.41. The van der Waals surface area contributed by atoms with Gasteiger partial charge in [-0.25, -0.2) is 0 Å². The number of carbonyl (C=O) groups is 1. The summed E-state index contributed by atoms with van der Waals surface area (Å²) in [7, 11) is 0. The van der Waals surface area contributed by atoms with E-state index in [9.17, 15) is 14.9 Å². The van der Waals surface area contributed by atoms with E-state index in [4.69, 9.17) is 4.52 Å². The first-order valence-electron chi connectivity index (χ1n) is 7.43. The first kappa shape index (κ1) is 17.5. The van der Waals surface area contributed by atoms with Gasteiger partial charge in [-0.15, -0.1) is 0 Å². The molecule has 1 amide bonds. The third-order valence-electron chi connectivity index (χ3n) is 3.41. The van der Waals surface area contributed by atoms with Gasteiger partial charge in [0.2, 0.25) is 11.8 Å². The van der Waals surface area contributed by atoms with E-state index in [0.29, 0.717) is 5.69 Å². The maximum absolute atomic E-state index is 12.0. The molecule has 0 atom stereocenters. The normalized spacial score (nSPS) is 11.2. The number of aryl methyl sites for hydroxylation is 1. The molecule has 0 aliphatic rings. The number of anilines is 2. The van der Waals surface area contributed by atoms with Gasteiger partial charge in [-0.2, -0.15) is 0 Å². The molecule has 0 bridgehead atoms. The van der Waals surface area contributed by atoms with E-state index < -0.39 is 4.92 Å². The van der Waals surface area contributed by atoms with Crippen molar-refractivity contribution >= 4 is 23.2 Å². The quantitative estimate of drug-likeness (QED) is 0.642. The smallest absolute Gasteiger partial charge is 0.271 e. The Morgan fingerprint density at radius 3 is 2.62 bits per heavy atom. The van der Waals surface area contributed by atoms with Crippen molar-refractivity contribution in [1.82, 2.24) is 5.16 Å². The molecule has 0 saturated heterocycles. The van der Waals surface area contributed by atoms with Crippen LogP contribution in [0, 0.1) is 17.0 Å². The van der Waals surface area contributed by atoms with E-state index in [2.05, 4.69) is 15.8 Å². The van der Waals surface area contributed by atoms with Crippen LogP contribution in [0.3, 0.4) is 0 Å². The topological polar surface area (TPSA) is 110 Å². The summed E-state index contributed by atoms with van der Waals surface area (Å²) in [4.78, 5) is 22.3. The lowest BCUT2D eigenvalue weighted by Gasteiger charge is -2.12. The SMILES string of the molecule is Cc1ccc([N+](=O)[O-])cc1NCC(=O)Nc1cc(C(C)(C)C)no1. The van der Waals surface area contributed by atoms with Crippen LogP contribution < -0.4 is 10.6 Å². The number of nitro groups is 1. The number of nitrogens with one attached hydrogen (secondary N) is 2. The van der Waals surface area contributed by atoms with Crippen molar-refractivity contribution in [1.29, 1.82) is 0 Å². The summed E-state index contributed by atoms with van der Waals surface area (Å²) in [6.45, 7) is 7.72. The second-order valence-corrected chi connectivity index (χ2v) is 6.48. The molecule has 8 nitrogen and oxygen atoms in total. The Morgan fingerprint density at radius 1 is 1.33 bits per heavy atom. The van der Waals surface area contributed by atoms with Crippen LogP contribution in [-0.4, -0.2) is 22.5 Å². The molecule has 0 fully saturated rings. The molecular weight excluding hydrogens is 312 g/mol.